The first-order chi connectivity index (χ1) is 6.71. The second-order valence-electron chi connectivity index (χ2n) is 3.81. The number of aliphatic hydroxyl groups excluding tert-OH is 1. The Morgan fingerprint density at radius 2 is 2.07 bits per heavy atom. The molecule has 2 rings (SSSR count). The van der Waals surface area contributed by atoms with Gasteiger partial charge >= 0.3 is 0 Å². The Labute approximate surface area is 83.8 Å². The molecular formula is C12H14O2. The first-order valence-corrected chi connectivity index (χ1v) is 4.79. The zero-order valence-electron chi connectivity index (χ0n) is 8.18. The van der Waals surface area contributed by atoms with Gasteiger partial charge in [0.15, 0.2) is 0 Å². The van der Waals surface area contributed by atoms with Crippen molar-refractivity contribution in [3.8, 4) is 0 Å². The van der Waals surface area contributed by atoms with E-state index in [-0.39, 0.29) is 0 Å². The highest BCUT2D eigenvalue weighted by molar-refractivity contribution is 5.23. The molecule has 2 heteroatoms. The largest absolute Gasteiger partial charge is 0.491 e. The lowest BCUT2D eigenvalue weighted by molar-refractivity contribution is -0.0200. The molecule has 0 aliphatic carbocycles. The molecule has 1 unspecified atom stereocenters. The lowest BCUT2D eigenvalue weighted by Gasteiger charge is -2.33. The van der Waals surface area contributed by atoms with Crippen molar-refractivity contribution in [2.24, 2.45) is 0 Å². The summed E-state index contributed by atoms with van der Waals surface area (Å²) in [6, 6.07) is 9.98. The summed E-state index contributed by atoms with van der Waals surface area (Å²) >= 11 is 0. The van der Waals surface area contributed by atoms with Gasteiger partial charge in [0.2, 0.25) is 0 Å². The lowest BCUT2D eigenvalue weighted by atomic mass is 9.88. The van der Waals surface area contributed by atoms with Gasteiger partial charge in [-0.15, -0.1) is 0 Å². The van der Waals surface area contributed by atoms with Gasteiger partial charge in [0.25, 0.3) is 0 Å². The average Bonchev–Trinajstić information content (AvgIpc) is 2.19. The lowest BCUT2D eigenvalue weighted by Crippen LogP contribution is -2.31. The Hall–Kier alpha value is -1.28. The molecule has 0 amide bonds. The van der Waals surface area contributed by atoms with Crippen molar-refractivity contribution in [3.63, 3.8) is 0 Å². The number of ether oxygens (including phenoxy) is 1. The normalized spacial score (nSPS) is 31.1. The van der Waals surface area contributed by atoms with Crippen LogP contribution >= 0.6 is 0 Å². The summed E-state index contributed by atoms with van der Waals surface area (Å²) in [4.78, 5) is 0. The van der Waals surface area contributed by atoms with Crippen molar-refractivity contribution in [1.82, 2.24) is 0 Å². The first-order valence-electron chi connectivity index (χ1n) is 4.79. The Morgan fingerprint density at radius 3 is 2.71 bits per heavy atom. The number of aliphatic hydroxyl groups is 1. The monoisotopic (exact) mass is 190 g/mol. The minimum absolute atomic E-state index is 0.393. The fraction of sp³-hybridized carbons (Fsp3) is 0.333. The van der Waals surface area contributed by atoms with Crippen LogP contribution in [0.15, 0.2) is 42.7 Å². The molecule has 0 spiro atoms. The van der Waals surface area contributed by atoms with E-state index in [0.717, 1.165) is 5.56 Å². The molecule has 1 aromatic carbocycles. The fourth-order valence-electron chi connectivity index (χ4n) is 1.77. The maximum Gasteiger partial charge on any atom is 0.133 e. The molecule has 0 bridgehead atoms. The van der Waals surface area contributed by atoms with Gasteiger partial charge in [-0.3, -0.25) is 0 Å². The molecule has 0 aromatic heterocycles. The van der Waals surface area contributed by atoms with E-state index in [9.17, 15) is 5.11 Å². The molecule has 2 nitrogen and oxygen atoms in total. The summed E-state index contributed by atoms with van der Waals surface area (Å²) in [5.41, 5.74) is 0.707. The Balaban J connectivity index is 2.29. The fourth-order valence-corrected chi connectivity index (χ4v) is 1.77. The second kappa shape index (κ2) is 3.46. The molecule has 2 atom stereocenters. The number of rotatable bonds is 1. The number of hydrogen-bond acceptors (Lipinski definition) is 2. The van der Waals surface area contributed by atoms with Gasteiger partial charge in [-0.25, -0.2) is 0 Å². The third-order valence-corrected chi connectivity index (χ3v) is 2.61. The van der Waals surface area contributed by atoms with Gasteiger partial charge in [-0.05, 0) is 18.6 Å². The highest BCUT2D eigenvalue weighted by atomic mass is 16.5. The molecule has 74 valence electrons. The molecular weight excluding hydrogens is 176 g/mol. The first kappa shape index (κ1) is 9.28. The molecule has 0 fully saturated rings. The quantitative estimate of drug-likeness (QED) is 0.735. The van der Waals surface area contributed by atoms with Gasteiger partial charge in [-0.1, -0.05) is 30.3 Å². The van der Waals surface area contributed by atoms with Crippen molar-refractivity contribution < 1.29 is 9.84 Å². The van der Waals surface area contributed by atoms with Gasteiger partial charge in [0, 0.05) is 6.42 Å². The molecule has 1 N–H and O–H groups in total. The summed E-state index contributed by atoms with van der Waals surface area (Å²) in [5, 5.41) is 9.54. The smallest absolute Gasteiger partial charge is 0.133 e. The summed E-state index contributed by atoms with van der Waals surface area (Å²) in [7, 11) is 0. The Morgan fingerprint density at radius 1 is 1.36 bits per heavy atom. The van der Waals surface area contributed by atoms with Gasteiger partial charge in [-0.2, -0.15) is 0 Å². The summed E-state index contributed by atoms with van der Waals surface area (Å²) < 4.78 is 5.58. The minimum Gasteiger partial charge on any atom is -0.491 e. The molecule has 14 heavy (non-hydrogen) atoms. The standard InChI is InChI=1S/C12H14O2/c1-12(9-11(13)7-8-14-12)10-5-3-2-4-6-10/h2-8,11,13H,9H2,1H3/t11?,12-/m0/s1. The Bertz CT molecular complexity index is 331. The molecule has 1 aromatic rings. The van der Waals surface area contributed by atoms with Crippen LogP contribution in [-0.2, 0) is 10.3 Å². The van der Waals surface area contributed by atoms with Crippen LogP contribution in [0.5, 0.6) is 0 Å². The maximum atomic E-state index is 9.54. The van der Waals surface area contributed by atoms with E-state index in [4.69, 9.17) is 4.74 Å². The summed E-state index contributed by atoms with van der Waals surface area (Å²) in [5.74, 6) is 0. The average molecular weight is 190 g/mol. The highest BCUT2D eigenvalue weighted by Gasteiger charge is 2.32. The van der Waals surface area contributed by atoms with Crippen LogP contribution in [0.4, 0.5) is 0 Å². The predicted octanol–water partition coefficient (Wildman–Crippen LogP) is 2.20. The maximum absolute atomic E-state index is 9.54. The van der Waals surface area contributed by atoms with E-state index in [1.54, 1.807) is 12.3 Å². The van der Waals surface area contributed by atoms with Crippen molar-refractivity contribution in [2.45, 2.75) is 25.0 Å². The van der Waals surface area contributed by atoms with Gasteiger partial charge < -0.3 is 9.84 Å². The van der Waals surface area contributed by atoms with Crippen LogP contribution < -0.4 is 0 Å². The van der Waals surface area contributed by atoms with E-state index in [1.165, 1.54) is 0 Å². The minimum atomic E-state index is -0.408. The van der Waals surface area contributed by atoms with Crippen molar-refractivity contribution in [3.05, 3.63) is 48.2 Å². The topological polar surface area (TPSA) is 29.5 Å². The van der Waals surface area contributed by atoms with Crippen LogP contribution in [0, 0.1) is 0 Å². The Kier molecular flexibility index (Phi) is 2.30. The highest BCUT2D eigenvalue weighted by Crippen LogP contribution is 2.33. The van der Waals surface area contributed by atoms with Crippen LogP contribution in [0.1, 0.15) is 18.9 Å². The van der Waals surface area contributed by atoms with E-state index < -0.39 is 11.7 Å². The third kappa shape index (κ3) is 1.66. The van der Waals surface area contributed by atoms with Crippen molar-refractivity contribution >= 4 is 0 Å². The zero-order chi connectivity index (χ0) is 10.0. The molecule has 0 saturated carbocycles. The molecule has 0 radical (unpaired) electrons. The third-order valence-electron chi connectivity index (χ3n) is 2.61. The van der Waals surface area contributed by atoms with Gasteiger partial charge in [0.1, 0.15) is 5.60 Å². The van der Waals surface area contributed by atoms with E-state index in [0.29, 0.717) is 6.42 Å². The van der Waals surface area contributed by atoms with Crippen molar-refractivity contribution in [2.75, 3.05) is 0 Å². The van der Waals surface area contributed by atoms with E-state index >= 15 is 0 Å². The van der Waals surface area contributed by atoms with Crippen LogP contribution in [-0.4, -0.2) is 11.2 Å². The van der Waals surface area contributed by atoms with Crippen LogP contribution in [0.2, 0.25) is 0 Å². The van der Waals surface area contributed by atoms with Crippen molar-refractivity contribution in [1.29, 1.82) is 0 Å². The second-order valence-corrected chi connectivity index (χ2v) is 3.81. The zero-order valence-corrected chi connectivity index (χ0v) is 8.18. The molecule has 0 saturated heterocycles. The summed E-state index contributed by atoms with van der Waals surface area (Å²) in [6.45, 7) is 2.00. The predicted molar refractivity (Wildman–Crippen MR) is 54.6 cm³/mol. The van der Waals surface area contributed by atoms with E-state index in [1.807, 2.05) is 37.3 Å². The molecule has 1 heterocycles. The van der Waals surface area contributed by atoms with Crippen LogP contribution in [0.25, 0.3) is 0 Å². The van der Waals surface area contributed by atoms with Crippen LogP contribution in [0.3, 0.4) is 0 Å². The van der Waals surface area contributed by atoms with Gasteiger partial charge in [0.05, 0.1) is 12.4 Å². The summed E-state index contributed by atoms with van der Waals surface area (Å²) in [6.07, 6.45) is 3.45. The molecule has 1 aliphatic rings. The number of hydrogen-bond donors (Lipinski definition) is 1. The molecule has 1 aliphatic heterocycles. The van der Waals surface area contributed by atoms with E-state index in [2.05, 4.69) is 0 Å². The number of benzene rings is 1. The SMILES string of the molecule is C[C@@]1(c2ccccc2)CC(O)C=CO1.